The highest BCUT2D eigenvalue weighted by Crippen LogP contribution is 2.40. The van der Waals surface area contributed by atoms with Crippen molar-refractivity contribution in [2.45, 2.75) is 18.9 Å². The van der Waals surface area contributed by atoms with E-state index in [9.17, 15) is 4.91 Å². The molecule has 0 spiro atoms. The van der Waals surface area contributed by atoms with Crippen molar-refractivity contribution in [3.8, 4) is 39.4 Å². The Morgan fingerprint density at radius 3 is 2.50 bits per heavy atom. The van der Waals surface area contributed by atoms with Crippen molar-refractivity contribution in [1.82, 2.24) is 14.9 Å². The smallest absolute Gasteiger partial charge is 0.119 e. The van der Waals surface area contributed by atoms with E-state index in [4.69, 9.17) is 4.74 Å². The van der Waals surface area contributed by atoms with Gasteiger partial charge in [0, 0.05) is 30.2 Å². The van der Waals surface area contributed by atoms with Crippen LogP contribution in [0.3, 0.4) is 0 Å². The lowest BCUT2D eigenvalue weighted by molar-refractivity contribution is 0.261. The van der Waals surface area contributed by atoms with E-state index in [0.717, 1.165) is 64.3 Å². The first-order valence-electron chi connectivity index (χ1n) is 11.6. The normalized spacial score (nSPS) is 14.9. The van der Waals surface area contributed by atoms with Gasteiger partial charge in [0.1, 0.15) is 18.4 Å². The Labute approximate surface area is 199 Å². The number of pyridine rings is 1. The number of nitroso groups, excluding NO2 is 1. The molecule has 0 saturated carbocycles. The SMILES string of the molecule is CN(C)CCOc1ccc(-c2cc(-c3ccncc3)c(-c3ccc4c(c3)CCC4N=O)[nH]2)cc1. The molecule has 2 heterocycles. The molecule has 2 aromatic carbocycles. The van der Waals surface area contributed by atoms with Gasteiger partial charge in [-0.1, -0.05) is 17.3 Å². The number of hydrogen-bond acceptors (Lipinski definition) is 5. The number of benzene rings is 2. The van der Waals surface area contributed by atoms with Crippen LogP contribution in [0.1, 0.15) is 23.6 Å². The lowest BCUT2D eigenvalue weighted by atomic mass is 9.98. The molecule has 0 fully saturated rings. The zero-order chi connectivity index (χ0) is 23.5. The summed E-state index contributed by atoms with van der Waals surface area (Å²) in [7, 11) is 4.07. The summed E-state index contributed by atoms with van der Waals surface area (Å²) in [5.74, 6) is 0.865. The van der Waals surface area contributed by atoms with Gasteiger partial charge in [0.25, 0.3) is 0 Å². The molecule has 1 unspecified atom stereocenters. The number of ether oxygens (including phenoxy) is 1. The Morgan fingerprint density at radius 1 is 1.00 bits per heavy atom. The van der Waals surface area contributed by atoms with Crippen LogP contribution in [-0.2, 0) is 6.42 Å². The highest BCUT2D eigenvalue weighted by Gasteiger charge is 2.24. The minimum Gasteiger partial charge on any atom is -0.492 e. The molecule has 172 valence electrons. The molecule has 0 bridgehead atoms. The fourth-order valence-corrected chi connectivity index (χ4v) is 4.53. The first kappa shape index (κ1) is 22.0. The largest absolute Gasteiger partial charge is 0.492 e. The Morgan fingerprint density at radius 2 is 1.76 bits per heavy atom. The number of rotatable bonds is 8. The molecule has 6 nitrogen and oxygen atoms in total. The van der Waals surface area contributed by atoms with E-state index in [0.29, 0.717) is 6.61 Å². The Hall–Kier alpha value is -3.77. The second-order valence-corrected chi connectivity index (χ2v) is 8.96. The van der Waals surface area contributed by atoms with Crippen molar-refractivity contribution < 1.29 is 4.74 Å². The van der Waals surface area contributed by atoms with Crippen LogP contribution in [0.15, 0.2) is 78.2 Å². The predicted molar refractivity (Wildman–Crippen MR) is 136 cm³/mol. The number of aryl methyl sites for hydroxylation is 1. The summed E-state index contributed by atoms with van der Waals surface area (Å²) in [4.78, 5) is 21.1. The number of fused-ring (bicyclic) bond motifs is 1. The maximum absolute atomic E-state index is 11.2. The van der Waals surface area contributed by atoms with E-state index < -0.39 is 0 Å². The quantitative estimate of drug-likeness (QED) is 0.328. The summed E-state index contributed by atoms with van der Waals surface area (Å²) < 4.78 is 5.85. The van der Waals surface area contributed by atoms with Crippen molar-refractivity contribution >= 4 is 0 Å². The Balaban J connectivity index is 1.49. The number of aromatic amines is 1. The van der Waals surface area contributed by atoms with Gasteiger partial charge >= 0.3 is 0 Å². The standard InChI is InChI=1S/C28H28N4O2/c1-32(2)15-16-34-23-7-3-20(4-8-23)27-18-25(19-11-13-29-14-12-19)28(30-27)22-5-9-24-21(17-22)6-10-26(24)31-33/h3-5,7-9,11-14,17-18,26,30H,6,10,15-16H2,1-2H3. The summed E-state index contributed by atoms with van der Waals surface area (Å²) in [6.07, 6.45) is 5.30. The molecule has 1 aliphatic carbocycles. The molecule has 0 saturated heterocycles. The third kappa shape index (κ3) is 4.50. The maximum Gasteiger partial charge on any atom is 0.119 e. The lowest BCUT2D eigenvalue weighted by Gasteiger charge is -2.11. The lowest BCUT2D eigenvalue weighted by Crippen LogP contribution is -2.19. The van der Waals surface area contributed by atoms with Gasteiger partial charge < -0.3 is 14.6 Å². The molecular weight excluding hydrogens is 424 g/mol. The third-order valence-electron chi connectivity index (χ3n) is 6.39. The van der Waals surface area contributed by atoms with Gasteiger partial charge in [0.2, 0.25) is 0 Å². The predicted octanol–water partition coefficient (Wildman–Crippen LogP) is 6.10. The first-order chi connectivity index (χ1) is 16.6. The van der Waals surface area contributed by atoms with E-state index in [1.807, 2.05) is 50.8 Å². The third-order valence-corrected chi connectivity index (χ3v) is 6.39. The van der Waals surface area contributed by atoms with Crippen LogP contribution >= 0.6 is 0 Å². The summed E-state index contributed by atoms with van der Waals surface area (Å²) in [6.45, 7) is 1.53. The van der Waals surface area contributed by atoms with E-state index in [1.54, 1.807) is 0 Å². The highest BCUT2D eigenvalue weighted by molar-refractivity contribution is 5.86. The van der Waals surface area contributed by atoms with Crippen molar-refractivity contribution in [2.24, 2.45) is 5.18 Å². The summed E-state index contributed by atoms with van der Waals surface area (Å²) in [5, 5.41) is 3.30. The second-order valence-electron chi connectivity index (χ2n) is 8.96. The average molecular weight is 453 g/mol. The highest BCUT2D eigenvalue weighted by atomic mass is 16.5. The summed E-state index contributed by atoms with van der Waals surface area (Å²) >= 11 is 0. The number of nitrogens with one attached hydrogen (secondary N) is 1. The molecule has 2 aromatic heterocycles. The molecule has 0 radical (unpaired) electrons. The van der Waals surface area contributed by atoms with Gasteiger partial charge in [-0.3, -0.25) is 4.98 Å². The number of aromatic nitrogens is 2. The van der Waals surface area contributed by atoms with E-state index in [1.165, 1.54) is 5.56 Å². The van der Waals surface area contributed by atoms with Crippen molar-refractivity contribution in [2.75, 3.05) is 27.2 Å². The number of H-pyrrole nitrogens is 1. The van der Waals surface area contributed by atoms with Crippen LogP contribution in [0.5, 0.6) is 5.75 Å². The molecule has 34 heavy (non-hydrogen) atoms. The van der Waals surface area contributed by atoms with Crippen LogP contribution in [0, 0.1) is 4.91 Å². The van der Waals surface area contributed by atoms with Gasteiger partial charge in [-0.25, -0.2) is 0 Å². The molecule has 4 aromatic rings. The van der Waals surface area contributed by atoms with Gasteiger partial charge in [0.15, 0.2) is 0 Å². The summed E-state index contributed by atoms with van der Waals surface area (Å²) in [6, 6.07) is 20.6. The second kappa shape index (κ2) is 9.61. The molecule has 0 aliphatic heterocycles. The van der Waals surface area contributed by atoms with Crippen molar-refractivity contribution in [1.29, 1.82) is 0 Å². The first-order valence-corrected chi connectivity index (χ1v) is 11.6. The van der Waals surface area contributed by atoms with E-state index in [2.05, 4.69) is 56.4 Å². The molecule has 5 rings (SSSR count). The van der Waals surface area contributed by atoms with Crippen LogP contribution in [-0.4, -0.2) is 42.1 Å². The fourth-order valence-electron chi connectivity index (χ4n) is 4.53. The molecule has 1 N–H and O–H groups in total. The molecule has 1 atom stereocenters. The van der Waals surface area contributed by atoms with Crippen LogP contribution in [0.2, 0.25) is 0 Å². The van der Waals surface area contributed by atoms with E-state index >= 15 is 0 Å². The minimum atomic E-state index is -0.221. The zero-order valence-electron chi connectivity index (χ0n) is 19.5. The summed E-state index contributed by atoms with van der Waals surface area (Å²) in [5.41, 5.74) is 8.77. The van der Waals surface area contributed by atoms with Crippen LogP contribution < -0.4 is 4.74 Å². The van der Waals surface area contributed by atoms with Crippen LogP contribution in [0.25, 0.3) is 33.6 Å². The van der Waals surface area contributed by atoms with Gasteiger partial charge in [0.05, 0.1) is 5.69 Å². The number of likely N-dealkylation sites (N-methyl/N-ethyl adjacent to an activating group) is 1. The average Bonchev–Trinajstić information content (AvgIpc) is 3.49. The minimum absolute atomic E-state index is 0.221. The Kier molecular flexibility index (Phi) is 6.23. The van der Waals surface area contributed by atoms with Crippen molar-refractivity contribution in [3.05, 3.63) is 89.1 Å². The topological polar surface area (TPSA) is 70.6 Å². The maximum atomic E-state index is 11.2. The molecular formula is C28H28N4O2. The van der Waals surface area contributed by atoms with Crippen LogP contribution in [0.4, 0.5) is 0 Å². The molecule has 1 aliphatic rings. The number of nitrogens with zero attached hydrogens (tertiary/aromatic N) is 3. The van der Waals surface area contributed by atoms with E-state index in [-0.39, 0.29) is 6.04 Å². The monoisotopic (exact) mass is 452 g/mol. The molecule has 6 heteroatoms. The fraction of sp³-hybridized carbons (Fsp3) is 0.250. The van der Waals surface area contributed by atoms with Gasteiger partial charge in [-0.05, 0) is 103 Å². The van der Waals surface area contributed by atoms with Crippen molar-refractivity contribution in [3.63, 3.8) is 0 Å². The molecule has 0 amide bonds. The Bertz CT molecular complexity index is 1280. The zero-order valence-corrected chi connectivity index (χ0v) is 19.5. The van der Waals surface area contributed by atoms with Gasteiger partial charge in [-0.2, -0.15) is 4.91 Å². The van der Waals surface area contributed by atoms with Gasteiger partial charge in [-0.15, -0.1) is 0 Å². The number of hydrogen-bond donors (Lipinski definition) is 1.